The third kappa shape index (κ3) is 44.0. The van der Waals surface area contributed by atoms with Crippen LogP contribution in [0.2, 0.25) is 0 Å². The van der Waals surface area contributed by atoms with Gasteiger partial charge in [-0.25, -0.2) is 0 Å². The standard InChI is InChI=1S/C55H109N3O5/c1-7-12-16-20-22-28-39-51(37-26-18-14-9-3)49-62-54(60)41-30-24-33-45-58(48-47-57(6)44-35-32-43-56-53(59)36-11-5)46-34-25-31-42-55(61)63-50-52(38-27-19-15-10-4)40-29-23-21-17-13-8-2/h51-52H,7-50H2,1-6H3,(H,56,59). The minimum Gasteiger partial charge on any atom is -0.465 e. The molecule has 0 aromatic rings. The number of nitrogens with zero attached hydrogens (tertiary/aromatic N) is 2. The smallest absolute Gasteiger partial charge is 0.305 e. The molecule has 0 saturated heterocycles. The molecule has 0 aromatic heterocycles. The van der Waals surface area contributed by atoms with Crippen LogP contribution in [0.1, 0.15) is 266 Å². The second kappa shape index (κ2) is 48.3. The van der Waals surface area contributed by atoms with E-state index in [2.05, 4.69) is 49.9 Å². The predicted octanol–water partition coefficient (Wildman–Crippen LogP) is 14.8. The van der Waals surface area contributed by atoms with Crippen molar-refractivity contribution in [3.8, 4) is 0 Å². The van der Waals surface area contributed by atoms with Gasteiger partial charge in [-0.2, -0.15) is 0 Å². The first-order valence-electron chi connectivity index (χ1n) is 27.8. The fourth-order valence-electron chi connectivity index (χ4n) is 8.71. The lowest BCUT2D eigenvalue weighted by molar-refractivity contribution is -0.146. The maximum absolute atomic E-state index is 12.8. The third-order valence-corrected chi connectivity index (χ3v) is 13.1. The monoisotopic (exact) mass is 892 g/mol. The van der Waals surface area contributed by atoms with Crippen LogP contribution in [0.4, 0.5) is 0 Å². The molecule has 63 heavy (non-hydrogen) atoms. The largest absolute Gasteiger partial charge is 0.465 e. The van der Waals surface area contributed by atoms with Crippen molar-refractivity contribution in [3.63, 3.8) is 0 Å². The van der Waals surface area contributed by atoms with E-state index in [-0.39, 0.29) is 17.8 Å². The van der Waals surface area contributed by atoms with E-state index in [1.807, 2.05) is 6.92 Å². The lowest BCUT2D eigenvalue weighted by Crippen LogP contribution is -2.35. The highest BCUT2D eigenvalue weighted by atomic mass is 16.5. The van der Waals surface area contributed by atoms with Crippen molar-refractivity contribution in [2.45, 2.75) is 266 Å². The van der Waals surface area contributed by atoms with Crippen molar-refractivity contribution in [2.24, 2.45) is 11.8 Å². The van der Waals surface area contributed by atoms with Gasteiger partial charge in [-0.3, -0.25) is 14.4 Å². The summed E-state index contributed by atoms with van der Waals surface area (Å²) in [5, 5.41) is 3.04. The summed E-state index contributed by atoms with van der Waals surface area (Å²) < 4.78 is 11.8. The van der Waals surface area contributed by atoms with E-state index in [0.29, 0.717) is 44.3 Å². The van der Waals surface area contributed by atoms with E-state index in [1.54, 1.807) is 0 Å². The molecule has 0 aliphatic carbocycles. The van der Waals surface area contributed by atoms with Crippen LogP contribution in [0.15, 0.2) is 0 Å². The van der Waals surface area contributed by atoms with Crippen LogP contribution in [0, 0.1) is 11.8 Å². The second-order valence-electron chi connectivity index (χ2n) is 19.5. The maximum atomic E-state index is 12.8. The van der Waals surface area contributed by atoms with Gasteiger partial charge in [-0.1, -0.05) is 176 Å². The SMILES string of the molecule is CCCCCCCCC(CCCCCC)COC(=O)CCCCCN(CCCCCC(=O)OCC(CCCCCC)CCCCCCCC)CCN(C)CCCCNC(=O)CCC. The molecule has 8 heteroatoms. The topological polar surface area (TPSA) is 88.2 Å². The number of carbonyl (C=O) groups excluding carboxylic acids is 3. The van der Waals surface area contributed by atoms with Crippen LogP contribution in [0.3, 0.4) is 0 Å². The number of ether oxygens (including phenoxy) is 2. The van der Waals surface area contributed by atoms with Crippen LogP contribution >= 0.6 is 0 Å². The van der Waals surface area contributed by atoms with Gasteiger partial charge in [0.2, 0.25) is 5.91 Å². The summed E-state index contributed by atoms with van der Waals surface area (Å²) in [6.07, 6.45) is 41.4. The van der Waals surface area contributed by atoms with E-state index in [0.717, 1.165) is 97.1 Å². The number of hydrogen-bond donors (Lipinski definition) is 1. The number of hydrogen-bond acceptors (Lipinski definition) is 7. The number of amides is 1. The van der Waals surface area contributed by atoms with E-state index < -0.39 is 0 Å². The van der Waals surface area contributed by atoms with Crippen molar-refractivity contribution in [3.05, 3.63) is 0 Å². The highest BCUT2D eigenvalue weighted by Gasteiger charge is 2.15. The molecule has 0 aromatic carbocycles. The zero-order valence-corrected chi connectivity index (χ0v) is 43.2. The Bertz CT molecular complexity index is 937. The Morgan fingerprint density at radius 2 is 0.778 bits per heavy atom. The third-order valence-electron chi connectivity index (χ3n) is 13.1. The Kier molecular flexibility index (Phi) is 47.0. The molecule has 2 unspecified atom stereocenters. The van der Waals surface area contributed by atoms with Crippen molar-refractivity contribution < 1.29 is 23.9 Å². The summed E-state index contributed by atoms with van der Waals surface area (Å²) in [7, 11) is 2.21. The Balaban J connectivity index is 4.84. The lowest BCUT2D eigenvalue weighted by Gasteiger charge is -2.25. The number of carbonyl (C=O) groups is 3. The van der Waals surface area contributed by atoms with Crippen LogP contribution in [0.25, 0.3) is 0 Å². The Morgan fingerprint density at radius 3 is 1.21 bits per heavy atom. The minimum absolute atomic E-state index is 0.0151. The zero-order valence-electron chi connectivity index (χ0n) is 43.2. The van der Waals surface area contributed by atoms with Gasteiger partial charge < -0.3 is 24.6 Å². The fraction of sp³-hybridized carbons (Fsp3) is 0.945. The van der Waals surface area contributed by atoms with Gasteiger partial charge in [0.05, 0.1) is 13.2 Å². The molecular formula is C55H109N3O5. The van der Waals surface area contributed by atoms with Gasteiger partial charge in [0.25, 0.3) is 0 Å². The first-order valence-corrected chi connectivity index (χ1v) is 27.8. The summed E-state index contributed by atoms with van der Waals surface area (Å²) >= 11 is 0. The van der Waals surface area contributed by atoms with Gasteiger partial charge in [0, 0.05) is 38.9 Å². The summed E-state index contributed by atoms with van der Waals surface area (Å²) in [6, 6.07) is 0. The second-order valence-corrected chi connectivity index (χ2v) is 19.5. The summed E-state index contributed by atoms with van der Waals surface area (Å²) in [5.41, 5.74) is 0. The molecule has 0 spiro atoms. The maximum Gasteiger partial charge on any atom is 0.305 e. The molecule has 0 fully saturated rings. The van der Waals surface area contributed by atoms with Gasteiger partial charge in [0.15, 0.2) is 0 Å². The molecule has 0 radical (unpaired) electrons. The van der Waals surface area contributed by atoms with Crippen molar-refractivity contribution in [1.82, 2.24) is 15.1 Å². The summed E-state index contributed by atoms with van der Waals surface area (Å²) in [6.45, 7) is 18.2. The minimum atomic E-state index is -0.0151. The van der Waals surface area contributed by atoms with E-state index in [4.69, 9.17) is 9.47 Å². The molecule has 0 heterocycles. The van der Waals surface area contributed by atoms with E-state index in [1.165, 1.54) is 154 Å². The average Bonchev–Trinajstić information content (AvgIpc) is 3.27. The number of likely N-dealkylation sites (N-methyl/N-ethyl adjacent to an activating group) is 1. The highest BCUT2D eigenvalue weighted by molar-refractivity contribution is 5.75. The Morgan fingerprint density at radius 1 is 0.397 bits per heavy atom. The molecular weight excluding hydrogens is 783 g/mol. The first kappa shape index (κ1) is 61.3. The number of esters is 2. The predicted molar refractivity (Wildman–Crippen MR) is 270 cm³/mol. The average molecular weight is 892 g/mol. The fourth-order valence-corrected chi connectivity index (χ4v) is 8.71. The molecule has 0 bridgehead atoms. The lowest BCUT2D eigenvalue weighted by atomic mass is 9.95. The first-order chi connectivity index (χ1) is 30.8. The zero-order chi connectivity index (χ0) is 46.3. The Labute approximate surface area is 392 Å². The molecule has 0 rings (SSSR count). The molecule has 374 valence electrons. The molecule has 2 atom stereocenters. The van der Waals surface area contributed by atoms with Gasteiger partial charge in [0.1, 0.15) is 0 Å². The summed E-state index contributed by atoms with van der Waals surface area (Å²) in [5.74, 6) is 1.16. The molecule has 0 saturated carbocycles. The van der Waals surface area contributed by atoms with Crippen LogP contribution < -0.4 is 5.32 Å². The number of unbranched alkanes of at least 4 members (excludes halogenated alkanes) is 21. The normalized spacial score (nSPS) is 12.6. The molecule has 1 N–H and O–H groups in total. The molecule has 0 aliphatic heterocycles. The molecule has 8 nitrogen and oxygen atoms in total. The number of nitrogens with one attached hydrogen (secondary N) is 1. The van der Waals surface area contributed by atoms with Crippen LogP contribution in [-0.4, -0.2) is 87.2 Å². The van der Waals surface area contributed by atoms with Crippen molar-refractivity contribution in [1.29, 1.82) is 0 Å². The Hall–Kier alpha value is -1.67. The number of rotatable bonds is 50. The van der Waals surface area contributed by atoms with Gasteiger partial charge in [-0.15, -0.1) is 0 Å². The highest BCUT2D eigenvalue weighted by Crippen LogP contribution is 2.21. The van der Waals surface area contributed by atoms with Gasteiger partial charge in [-0.05, 0) is 109 Å². The van der Waals surface area contributed by atoms with E-state index >= 15 is 0 Å². The molecule has 0 aliphatic rings. The van der Waals surface area contributed by atoms with Crippen molar-refractivity contribution in [2.75, 3.05) is 59.5 Å². The van der Waals surface area contributed by atoms with E-state index in [9.17, 15) is 14.4 Å². The van der Waals surface area contributed by atoms with Crippen LogP contribution in [-0.2, 0) is 23.9 Å². The van der Waals surface area contributed by atoms with Crippen LogP contribution in [0.5, 0.6) is 0 Å². The molecule has 1 amide bonds. The quantitative estimate of drug-likeness (QED) is 0.0481. The van der Waals surface area contributed by atoms with Crippen molar-refractivity contribution >= 4 is 17.8 Å². The van der Waals surface area contributed by atoms with Gasteiger partial charge >= 0.3 is 11.9 Å². The summed E-state index contributed by atoms with van der Waals surface area (Å²) in [4.78, 5) is 42.4.